The van der Waals surface area contributed by atoms with Crippen LogP contribution in [0.3, 0.4) is 0 Å². The van der Waals surface area contributed by atoms with E-state index in [1.54, 1.807) is 0 Å². The number of carbonyl (C=O) groups is 1. The standard InChI is InChI=1S/C18H23N3O6S3/c1-20(2)14(16-5-4-9-28-16)12-19-30(25,26)17-11-13(6-7-15(17)27-3)21-18(22)8-10-29(21,23)24/h4-7,9,11,14,19H,8,10,12H2,1-3H3. The van der Waals surface area contributed by atoms with Crippen LogP contribution in [0.5, 0.6) is 5.75 Å². The predicted molar refractivity (Wildman–Crippen MR) is 115 cm³/mol. The number of anilines is 1. The van der Waals surface area contributed by atoms with Gasteiger partial charge < -0.3 is 9.64 Å². The van der Waals surface area contributed by atoms with Gasteiger partial charge in [-0.05, 0) is 43.7 Å². The number of thiophene rings is 1. The summed E-state index contributed by atoms with van der Waals surface area (Å²) < 4.78 is 58.9. The van der Waals surface area contributed by atoms with E-state index >= 15 is 0 Å². The second-order valence-corrected chi connectivity index (χ2v) is 11.6. The molecule has 1 aliphatic heterocycles. The highest BCUT2D eigenvalue weighted by Gasteiger charge is 2.37. The van der Waals surface area contributed by atoms with Crippen LogP contribution in [0.2, 0.25) is 0 Å². The number of amides is 1. The van der Waals surface area contributed by atoms with Gasteiger partial charge in [-0.25, -0.2) is 25.9 Å². The lowest BCUT2D eigenvalue weighted by Gasteiger charge is -2.24. The molecule has 164 valence electrons. The fourth-order valence-corrected chi connectivity index (χ4v) is 6.75. The molecule has 1 aromatic carbocycles. The maximum absolute atomic E-state index is 13.1. The number of benzene rings is 1. The molecule has 1 unspecified atom stereocenters. The number of carbonyl (C=O) groups excluding carboxylic acids is 1. The molecule has 1 aliphatic rings. The lowest BCUT2D eigenvalue weighted by atomic mass is 10.2. The van der Waals surface area contributed by atoms with Gasteiger partial charge in [-0.3, -0.25) is 4.79 Å². The van der Waals surface area contributed by atoms with E-state index in [2.05, 4.69) is 4.72 Å². The Morgan fingerprint density at radius 2 is 2.03 bits per heavy atom. The van der Waals surface area contributed by atoms with E-state index < -0.39 is 26.0 Å². The number of hydrogen-bond acceptors (Lipinski definition) is 8. The van der Waals surface area contributed by atoms with Crippen LogP contribution in [-0.2, 0) is 24.8 Å². The Bertz CT molecular complexity index is 1130. The number of sulfonamides is 2. The highest BCUT2D eigenvalue weighted by Crippen LogP contribution is 2.33. The van der Waals surface area contributed by atoms with Gasteiger partial charge in [-0.1, -0.05) is 6.07 Å². The third-order valence-electron chi connectivity index (χ3n) is 4.71. The molecule has 0 saturated carbocycles. The van der Waals surface area contributed by atoms with Crippen LogP contribution in [0.1, 0.15) is 17.3 Å². The van der Waals surface area contributed by atoms with Crippen molar-refractivity contribution >= 4 is 43.0 Å². The molecule has 1 amide bonds. The van der Waals surface area contributed by atoms with E-state index in [0.717, 1.165) is 10.9 Å². The molecule has 0 spiro atoms. The maximum atomic E-state index is 13.1. The smallest absolute Gasteiger partial charge is 0.244 e. The van der Waals surface area contributed by atoms with Crippen molar-refractivity contribution in [2.45, 2.75) is 17.4 Å². The molecule has 9 nitrogen and oxygen atoms in total. The third-order valence-corrected chi connectivity index (χ3v) is 8.82. The largest absolute Gasteiger partial charge is 0.495 e. The number of methoxy groups -OCH3 is 1. The summed E-state index contributed by atoms with van der Waals surface area (Å²) in [5.41, 5.74) is -0.0268. The van der Waals surface area contributed by atoms with Crippen LogP contribution in [0, 0.1) is 0 Å². The van der Waals surface area contributed by atoms with Crippen molar-refractivity contribution in [1.82, 2.24) is 9.62 Å². The second-order valence-electron chi connectivity index (χ2n) is 6.91. The minimum atomic E-state index is -4.06. The molecular formula is C18H23N3O6S3. The van der Waals surface area contributed by atoms with Gasteiger partial charge in [0.1, 0.15) is 10.6 Å². The Labute approximate surface area is 180 Å². The topological polar surface area (TPSA) is 113 Å². The minimum absolute atomic E-state index is 0.0268. The van der Waals surface area contributed by atoms with E-state index in [1.807, 2.05) is 36.5 Å². The number of nitrogens with zero attached hydrogens (tertiary/aromatic N) is 2. The summed E-state index contributed by atoms with van der Waals surface area (Å²) in [6.07, 6.45) is -0.139. The summed E-state index contributed by atoms with van der Waals surface area (Å²) in [7, 11) is -2.85. The van der Waals surface area contributed by atoms with Crippen molar-refractivity contribution < 1.29 is 26.4 Å². The number of nitrogens with one attached hydrogen (secondary N) is 1. The molecule has 0 radical (unpaired) electrons. The highest BCUT2D eigenvalue weighted by atomic mass is 32.2. The summed E-state index contributed by atoms with van der Waals surface area (Å²) in [5, 5.41) is 1.92. The third kappa shape index (κ3) is 4.52. The van der Waals surface area contributed by atoms with E-state index in [9.17, 15) is 21.6 Å². The van der Waals surface area contributed by atoms with Gasteiger partial charge in [-0.15, -0.1) is 11.3 Å². The van der Waals surface area contributed by atoms with Crippen LogP contribution in [0.15, 0.2) is 40.6 Å². The monoisotopic (exact) mass is 473 g/mol. The van der Waals surface area contributed by atoms with Gasteiger partial charge in [0.15, 0.2) is 0 Å². The summed E-state index contributed by atoms with van der Waals surface area (Å²) in [4.78, 5) is 14.7. The van der Waals surface area contributed by atoms with Gasteiger partial charge in [0.05, 0.1) is 24.6 Å². The molecular weight excluding hydrogens is 450 g/mol. The lowest BCUT2D eigenvalue weighted by molar-refractivity contribution is -0.116. The molecule has 0 aliphatic carbocycles. The molecule has 1 fully saturated rings. The summed E-state index contributed by atoms with van der Waals surface area (Å²) in [5.74, 6) is -0.849. The zero-order valence-corrected chi connectivity index (χ0v) is 19.2. The van der Waals surface area contributed by atoms with E-state index in [-0.39, 0.29) is 41.1 Å². The molecule has 1 N–H and O–H groups in total. The SMILES string of the molecule is COc1ccc(N2C(=O)CCS2(=O)=O)cc1S(=O)(=O)NCC(c1cccs1)N(C)C. The normalized spacial score (nSPS) is 17.5. The van der Waals surface area contributed by atoms with E-state index in [4.69, 9.17) is 4.74 Å². The molecule has 2 aromatic rings. The van der Waals surface area contributed by atoms with Gasteiger partial charge >= 0.3 is 0 Å². The summed E-state index contributed by atoms with van der Waals surface area (Å²) in [6.45, 7) is 0.101. The number of likely N-dealkylation sites (N-methyl/N-ethyl adjacent to an activating group) is 1. The second kappa shape index (κ2) is 8.63. The van der Waals surface area contributed by atoms with Crippen molar-refractivity contribution in [1.29, 1.82) is 0 Å². The summed E-state index contributed by atoms with van der Waals surface area (Å²) >= 11 is 1.52. The van der Waals surface area contributed by atoms with E-state index in [1.165, 1.54) is 30.6 Å². The molecule has 1 atom stereocenters. The Morgan fingerprint density at radius 1 is 1.30 bits per heavy atom. The fraction of sp³-hybridized carbons (Fsp3) is 0.389. The van der Waals surface area contributed by atoms with Crippen LogP contribution in [0.25, 0.3) is 0 Å². The van der Waals surface area contributed by atoms with Crippen molar-refractivity contribution in [3.8, 4) is 5.75 Å². The first-order chi connectivity index (χ1) is 14.1. The zero-order valence-electron chi connectivity index (χ0n) is 16.7. The number of rotatable bonds is 8. The van der Waals surface area contributed by atoms with Gasteiger partial charge in [0.2, 0.25) is 26.0 Å². The summed E-state index contributed by atoms with van der Waals surface area (Å²) in [6, 6.07) is 7.48. The van der Waals surface area contributed by atoms with Crippen molar-refractivity contribution in [2.24, 2.45) is 0 Å². The van der Waals surface area contributed by atoms with Crippen LogP contribution in [-0.4, -0.2) is 61.1 Å². The maximum Gasteiger partial charge on any atom is 0.244 e. The Hall–Kier alpha value is -1.99. The zero-order chi connectivity index (χ0) is 22.1. The van der Waals surface area contributed by atoms with Crippen LogP contribution < -0.4 is 13.8 Å². The molecule has 1 aromatic heterocycles. The van der Waals surface area contributed by atoms with Crippen molar-refractivity contribution in [3.05, 3.63) is 40.6 Å². The average molecular weight is 474 g/mol. The predicted octanol–water partition coefficient (Wildman–Crippen LogP) is 1.40. The lowest BCUT2D eigenvalue weighted by Crippen LogP contribution is -2.34. The van der Waals surface area contributed by atoms with Crippen LogP contribution in [0.4, 0.5) is 5.69 Å². The van der Waals surface area contributed by atoms with Gasteiger partial charge in [-0.2, -0.15) is 0 Å². The quantitative estimate of drug-likeness (QED) is 0.617. The Morgan fingerprint density at radius 3 is 2.57 bits per heavy atom. The van der Waals surface area contributed by atoms with Gasteiger partial charge in [0, 0.05) is 17.8 Å². The Balaban J connectivity index is 1.94. The Kier molecular flexibility index (Phi) is 6.53. The molecule has 30 heavy (non-hydrogen) atoms. The molecule has 3 rings (SSSR count). The molecule has 1 saturated heterocycles. The van der Waals surface area contributed by atoms with Crippen LogP contribution >= 0.6 is 11.3 Å². The first kappa shape index (κ1) is 22.7. The first-order valence-corrected chi connectivity index (χ1v) is 13.0. The van der Waals surface area contributed by atoms with E-state index in [0.29, 0.717) is 4.31 Å². The number of hydrogen-bond donors (Lipinski definition) is 1. The van der Waals surface area contributed by atoms with Crippen molar-refractivity contribution in [2.75, 3.05) is 37.8 Å². The molecule has 12 heteroatoms. The molecule has 2 heterocycles. The average Bonchev–Trinajstić information content (AvgIpc) is 3.29. The molecule has 0 bridgehead atoms. The highest BCUT2D eigenvalue weighted by molar-refractivity contribution is 7.94. The van der Waals surface area contributed by atoms with Crippen molar-refractivity contribution in [3.63, 3.8) is 0 Å². The fourth-order valence-electron chi connectivity index (χ4n) is 3.16. The minimum Gasteiger partial charge on any atom is -0.495 e. The first-order valence-electron chi connectivity index (χ1n) is 9.00. The number of ether oxygens (including phenoxy) is 1. The van der Waals surface area contributed by atoms with Gasteiger partial charge in [0.25, 0.3) is 0 Å².